The maximum atomic E-state index is 12.8. The topological polar surface area (TPSA) is 182 Å². The monoisotopic (exact) mass is 526 g/mol. The lowest BCUT2D eigenvalue weighted by molar-refractivity contribution is -0.117. The van der Waals surface area contributed by atoms with E-state index in [4.69, 9.17) is 32.8 Å². The van der Waals surface area contributed by atoms with E-state index in [1.807, 2.05) is 0 Å². The number of aromatic nitrogens is 4. The van der Waals surface area contributed by atoms with Crippen LogP contribution in [-0.2, 0) is 16.1 Å². The number of methoxy groups -OCH3 is 2. The van der Waals surface area contributed by atoms with Crippen molar-refractivity contribution in [2.75, 3.05) is 24.9 Å². The van der Waals surface area contributed by atoms with Gasteiger partial charge in [-0.25, -0.2) is 4.79 Å². The SMILES string of the molecule is [B]C([B])([B])NC(=O)c1nnc(NC(=O)C2CC2)cc1Nc1cccc(-c2noc(CNC(=O)OC)n2)c1OC. The Bertz CT molecular complexity index is 1390. The lowest BCUT2D eigenvalue weighted by Gasteiger charge is -2.23. The molecule has 194 valence electrons. The highest BCUT2D eigenvalue weighted by molar-refractivity contribution is 6.60. The van der Waals surface area contributed by atoms with Crippen LogP contribution >= 0.6 is 0 Å². The summed E-state index contributed by atoms with van der Waals surface area (Å²) in [6, 6.07) is 6.44. The Morgan fingerprint density at radius 1 is 1.13 bits per heavy atom. The van der Waals surface area contributed by atoms with Gasteiger partial charge in [-0.3, -0.25) is 9.59 Å². The minimum Gasteiger partial charge on any atom is -0.494 e. The van der Waals surface area contributed by atoms with Crippen LogP contribution in [-0.4, -0.2) is 81.2 Å². The van der Waals surface area contributed by atoms with E-state index in [2.05, 4.69) is 46.3 Å². The summed E-state index contributed by atoms with van der Waals surface area (Å²) >= 11 is 0. The molecule has 17 heteroatoms. The molecule has 0 spiro atoms. The molecule has 14 nitrogen and oxygen atoms in total. The number of anilines is 3. The van der Waals surface area contributed by atoms with Crippen molar-refractivity contribution < 1.29 is 28.4 Å². The molecule has 1 aliphatic carbocycles. The van der Waals surface area contributed by atoms with Gasteiger partial charge in [0.05, 0.1) is 54.7 Å². The zero-order chi connectivity index (χ0) is 28.2. The summed E-state index contributed by atoms with van der Waals surface area (Å²) in [5.74, 6) is -0.430. The van der Waals surface area contributed by atoms with Crippen LogP contribution in [0.5, 0.6) is 5.75 Å². The third kappa shape index (κ3) is 7.06. The highest BCUT2D eigenvalue weighted by Crippen LogP contribution is 2.37. The average molecular weight is 526 g/mol. The van der Waals surface area contributed by atoms with Crippen molar-refractivity contribution in [3.05, 3.63) is 35.9 Å². The minimum atomic E-state index is -2.02. The number of hydrogen-bond acceptors (Lipinski definition) is 11. The maximum absolute atomic E-state index is 12.8. The number of amides is 3. The summed E-state index contributed by atoms with van der Waals surface area (Å²) in [6.45, 7) is -0.0542. The molecular formula is C22H21B3N8O6. The summed E-state index contributed by atoms with van der Waals surface area (Å²) in [6.07, 6.45) is 0.918. The van der Waals surface area contributed by atoms with E-state index >= 15 is 0 Å². The quantitative estimate of drug-likeness (QED) is 0.267. The normalized spacial score (nSPS) is 12.8. The Labute approximate surface area is 226 Å². The van der Waals surface area contributed by atoms with Gasteiger partial charge < -0.3 is 35.3 Å². The van der Waals surface area contributed by atoms with E-state index in [0.717, 1.165) is 12.8 Å². The van der Waals surface area contributed by atoms with Gasteiger partial charge in [0.15, 0.2) is 17.3 Å². The first-order chi connectivity index (χ1) is 18.6. The first-order valence-corrected chi connectivity index (χ1v) is 11.5. The Morgan fingerprint density at radius 3 is 2.56 bits per heavy atom. The van der Waals surface area contributed by atoms with E-state index in [0.29, 0.717) is 11.3 Å². The van der Waals surface area contributed by atoms with Crippen LogP contribution in [0.3, 0.4) is 0 Å². The number of para-hydroxylation sites is 1. The third-order valence-electron chi connectivity index (χ3n) is 5.31. The molecule has 0 unspecified atom stereocenters. The fourth-order valence-corrected chi connectivity index (χ4v) is 3.38. The molecule has 4 rings (SSSR count). The molecule has 3 aromatic rings. The van der Waals surface area contributed by atoms with Crippen molar-refractivity contribution in [2.24, 2.45) is 5.92 Å². The van der Waals surface area contributed by atoms with Gasteiger partial charge in [0, 0.05) is 12.0 Å². The molecule has 0 aliphatic heterocycles. The van der Waals surface area contributed by atoms with Crippen LogP contribution in [0.15, 0.2) is 28.8 Å². The molecule has 1 saturated carbocycles. The number of hydrogen-bond donors (Lipinski definition) is 4. The van der Waals surface area contributed by atoms with Crippen LogP contribution in [0.25, 0.3) is 11.4 Å². The maximum Gasteiger partial charge on any atom is 0.407 e. The van der Waals surface area contributed by atoms with Crippen molar-refractivity contribution in [1.29, 1.82) is 0 Å². The van der Waals surface area contributed by atoms with Crippen molar-refractivity contribution in [1.82, 2.24) is 31.0 Å². The molecule has 0 atom stereocenters. The highest BCUT2D eigenvalue weighted by Gasteiger charge is 2.30. The number of carbonyl (C=O) groups is 3. The lowest BCUT2D eigenvalue weighted by atomic mass is 9.49. The van der Waals surface area contributed by atoms with Crippen molar-refractivity contribution in [2.45, 2.75) is 24.6 Å². The molecule has 2 aromatic heterocycles. The predicted octanol–water partition coefficient (Wildman–Crippen LogP) is 0.330. The summed E-state index contributed by atoms with van der Waals surface area (Å²) in [4.78, 5) is 40.7. The molecule has 4 N–H and O–H groups in total. The third-order valence-corrected chi connectivity index (χ3v) is 5.31. The Morgan fingerprint density at radius 2 is 1.90 bits per heavy atom. The zero-order valence-corrected chi connectivity index (χ0v) is 21.0. The first-order valence-electron chi connectivity index (χ1n) is 11.5. The summed E-state index contributed by atoms with van der Waals surface area (Å²) in [5.41, 5.74) is 0.712. The van der Waals surface area contributed by atoms with E-state index in [1.54, 1.807) is 18.2 Å². The van der Waals surface area contributed by atoms with Crippen LogP contribution < -0.4 is 26.0 Å². The van der Waals surface area contributed by atoms with Gasteiger partial charge in [-0.15, -0.1) is 10.2 Å². The molecule has 1 aliphatic rings. The summed E-state index contributed by atoms with van der Waals surface area (Å²) in [7, 11) is 19.2. The molecule has 39 heavy (non-hydrogen) atoms. The lowest BCUT2D eigenvalue weighted by Crippen LogP contribution is -2.50. The smallest absolute Gasteiger partial charge is 0.407 e. The van der Waals surface area contributed by atoms with Gasteiger partial charge in [0.1, 0.15) is 6.54 Å². The number of carbonyl (C=O) groups excluding carboxylic acids is 3. The Kier molecular flexibility index (Phi) is 8.07. The van der Waals surface area contributed by atoms with Gasteiger partial charge in [0.25, 0.3) is 5.91 Å². The fraction of sp³-hybridized carbons (Fsp3) is 0.318. The van der Waals surface area contributed by atoms with Gasteiger partial charge in [0.2, 0.25) is 17.6 Å². The number of nitrogens with zero attached hydrogens (tertiary/aromatic N) is 4. The molecular weight excluding hydrogens is 505 g/mol. The van der Waals surface area contributed by atoms with Crippen molar-refractivity contribution in [3.63, 3.8) is 0 Å². The van der Waals surface area contributed by atoms with Crippen molar-refractivity contribution in [3.8, 4) is 17.1 Å². The van der Waals surface area contributed by atoms with Gasteiger partial charge in [-0.1, -0.05) is 16.5 Å². The number of benzene rings is 1. The van der Waals surface area contributed by atoms with Gasteiger partial charge in [-0.05, 0) is 25.0 Å². The van der Waals surface area contributed by atoms with Crippen LogP contribution in [0, 0.1) is 5.92 Å². The predicted molar refractivity (Wildman–Crippen MR) is 140 cm³/mol. The van der Waals surface area contributed by atoms with E-state index < -0.39 is 17.2 Å². The van der Waals surface area contributed by atoms with Crippen LogP contribution in [0.1, 0.15) is 29.2 Å². The van der Waals surface area contributed by atoms with E-state index in [-0.39, 0.29) is 53.0 Å². The summed E-state index contributed by atoms with van der Waals surface area (Å²) in [5, 5.41) is 20.2. The van der Waals surface area contributed by atoms with Crippen LogP contribution in [0.4, 0.5) is 22.0 Å². The van der Waals surface area contributed by atoms with E-state index in [9.17, 15) is 14.4 Å². The Hall–Kier alpha value is -4.56. The molecule has 0 saturated heterocycles. The second-order valence-corrected chi connectivity index (χ2v) is 8.51. The standard InChI is InChI=1S/C22H21B3N8O6/c1-37-17-11(18-29-15(39-33-18)9-26-21(36)38-2)4-3-5-12(17)27-13-8-14(28-19(34)10-6-7-10)31-32-16(13)20(35)30-22(23,24)25/h3-5,8,10H,6-7,9H2,1-2H3,(H,26,36)(H,30,35)(H2,27,28,31,34). The minimum absolute atomic E-state index is 0.0542. The number of alkyl carbamates (subject to hydrolysis) is 1. The fourth-order valence-electron chi connectivity index (χ4n) is 3.38. The molecule has 3 amide bonds. The zero-order valence-electron chi connectivity index (χ0n) is 21.0. The van der Waals surface area contributed by atoms with Gasteiger partial charge in [-0.2, -0.15) is 4.98 Å². The summed E-state index contributed by atoms with van der Waals surface area (Å²) < 4.78 is 15.3. The number of rotatable bonds is 10. The molecule has 2 heterocycles. The second-order valence-electron chi connectivity index (χ2n) is 8.51. The van der Waals surface area contributed by atoms with Crippen molar-refractivity contribution >= 4 is 58.6 Å². The molecule has 0 bridgehead atoms. The molecule has 6 radical (unpaired) electrons. The van der Waals surface area contributed by atoms with E-state index in [1.165, 1.54) is 20.3 Å². The second kappa shape index (κ2) is 11.5. The number of ether oxygens (including phenoxy) is 2. The number of nitrogens with one attached hydrogen (secondary N) is 4. The average Bonchev–Trinajstić information content (AvgIpc) is 3.64. The largest absolute Gasteiger partial charge is 0.494 e. The molecule has 1 aromatic carbocycles. The Balaban J connectivity index is 1.66. The first kappa shape index (κ1) is 27.5. The van der Waals surface area contributed by atoms with Gasteiger partial charge >= 0.3 is 6.09 Å². The van der Waals surface area contributed by atoms with Crippen LogP contribution in [0.2, 0.25) is 0 Å². The molecule has 1 fully saturated rings. The highest BCUT2D eigenvalue weighted by atomic mass is 16.5.